The smallest absolute Gasteiger partial charge is 0.331 e. The third kappa shape index (κ3) is 3.62. The molecular formula is C17H19N3O4. The van der Waals surface area contributed by atoms with Gasteiger partial charge in [-0.15, -0.1) is 0 Å². The summed E-state index contributed by atoms with van der Waals surface area (Å²) in [5.74, 6) is -1.20. The summed E-state index contributed by atoms with van der Waals surface area (Å²) in [6.07, 6.45) is 2.07. The summed E-state index contributed by atoms with van der Waals surface area (Å²) in [6.45, 7) is 2.55. The monoisotopic (exact) mass is 329 g/mol. The quantitative estimate of drug-likeness (QED) is 0.644. The maximum atomic E-state index is 12.6. The summed E-state index contributed by atoms with van der Waals surface area (Å²) >= 11 is 0. The number of amides is 4. The lowest BCUT2D eigenvalue weighted by Crippen LogP contribution is -2.55. The molecule has 0 radical (unpaired) electrons. The summed E-state index contributed by atoms with van der Waals surface area (Å²) < 4.78 is 5.25. The van der Waals surface area contributed by atoms with E-state index < -0.39 is 17.8 Å². The predicted octanol–water partition coefficient (Wildman–Crippen LogP) is 0.524. The minimum absolute atomic E-state index is 0.00967. The van der Waals surface area contributed by atoms with E-state index in [9.17, 15) is 14.4 Å². The average molecular weight is 329 g/mol. The van der Waals surface area contributed by atoms with Crippen LogP contribution in [0.2, 0.25) is 0 Å². The maximum Gasteiger partial charge on any atom is 0.331 e. The van der Waals surface area contributed by atoms with Gasteiger partial charge in [0.05, 0.1) is 13.2 Å². The number of carbonyl (C=O) groups excluding carboxylic acids is 3. The number of hydrogen-bond acceptors (Lipinski definition) is 5. The molecule has 0 aromatic heterocycles. The highest BCUT2D eigenvalue weighted by molar-refractivity contribution is 6.28. The van der Waals surface area contributed by atoms with Crippen molar-refractivity contribution in [2.75, 3.05) is 32.8 Å². The first-order valence-corrected chi connectivity index (χ1v) is 7.90. The zero-order valence-electron chi connectivity index (χ0n) is 13.2. The number of nitrogens with one attached hydrogen (secondary N) is 1. The first-order chi connectivity index (χ1) is 11.6. The minimum atomic E-state index is -0.667. The molecule has 24 heavy (non-hydrogen) atoms. The fourth-order valence-corrected chi connectivity index (χ4v) is 2.66. The molecule has 1 aromatic carbocycles. The molecule has 2 saturated heterocycles. The van der Waals surface area contributed by atoms with E-state index in [0.717, 1.165) is 10.5 Å². The molecule has 1 aromatic rings. The first kappa shape index (κ1) is 16.2. The van der Waals surface area contributed by atoms with E-state index in [2.05, 4.69) is 5.32 Å². The lowest BCUT2D eigenvalue weighted by Gasteiger charge is -2.29. The Hall–Kier alpha value is -2.67. The summed E-state index contributed by atoms with van der Waals surface area (Å²) in [4.78, 5) is 39.5. The summed E-state index contributed by atoms with van der Waals surface area (Å²) in [5.41, 5.74) is 1.01. The van der Waals surface area contributed by atoms with Crippen molar-refractivity contribution in [1.29, 1.82) is 0 Å². The van der Waals surface area contributed by atoms with Crippen LogP contribution in [0.5, 0.6) is 0 Å². The molecule has 0 aliphatic carbocycles. The van der Waals surface area contributed by atoms with Crippen molar-refractivity contribution >= 4 is 17.8 Å². The molecule has 0 unspecified atom stereocenters. The molecule has 0 spiro atoms. The van der Waals surface area contributed by atoms with Crippen molar-refractivity contribution in [3.63, 3.8) is 0 Å². The van der Waals surface area contributed by atoms with E-state index in [4.69, 9.17) is 4.74 Å². The molecule has 0 bridgehead atoms. The normalized spacial score (nSPS) is 20.5. The summed E-state index contributed by atoms with van der Waals surface area (Å²) in [7, 11) is 0. The SMILES string of the molecule is O=C1NC(=O)N(CCc2ccccc2)C(=O)/C1=C/N1CCOCC1. The van der Waals surface area contributed by atoms with Crippen molar-refractivity contribution in [2.45, 2.75) is 6.42 Å². The van der Waals surface area contributed by atoms with E-state index in [1.165, 1.54) is 6.20 Å². The van der Waals surface area contributed by atoms with Crippen LogP contribution in [0, 0.1) is 0 Å². The highest BCUT2D eigenvalue weighted by Gasteiger charge is 2.36. The Balaban J connectivity index is 1.72. The molecule has 1 N–H and O–H groups in total. The van der Waals surface area contributed by atoms with Gasteiger partial charge in [-0.2, -0.15) is 0 Å². The second-order valence-corrected chi connectivity index (χ2v) is 5.64. The number of benzene rings is 1. The van der Waals surface area contributed by atoms with Gasteiger partial charge in [0.25, 0.3) is 11.8 Å². The molecule has 4 amide bonds. The number of rotatable bonds is 4. The van der Waals surface area contributed by atoms with E-state index in [1.54, 1.807) is 0 Å². The third-order valence-corrected chi connectivity index (χ3v) is 4.01. The largest absolute Gasteiger partial charge is 0.378 e. The predicted molar refractivity (Wildman–Crippen MR) is 85.9 cm³/mol. The number of ether oxygens (including phenoxy) is 1. The van der Waals surface area contributed by atoms with Crippen molar-refractivity contribution in [1.82, 2.24) is 15.1 Å². The van der Waals surface area contributed by atoms with Gasteiger partial charge in [-0.1, -0.05) is 30.3 Å². The van der Waals surface area contributed by atoms with Gasteiger partial charge in [0.1, 0.15) is 5.57 Å². The van der Waals surface area contributed by atoms with Crippen LogP contribution in [0.4, 0.5) is 4.79 Å². The molecule has 7 nitrogen and oxygen atoms in total. The lowest BCUT2D eigenvalue weighted by molar-refractivity contribution is -0.130. The van der Waals surface area contributed by atoms with Crippen LogP contribution in [-0.4, -0.2) is 60.5 Å². The minimum Gasteiger partial charge on any atom is -0.378 e. The van der Waals surface area contributed by atoms with Crippen LogP contribution >= 0.6 is 0 Å². The lowest BCUT2D eigenvalue weighted by atomic mass is 10.1. The number of nitrogens with zero attached hydrogens (tertiary/aromatic N) is 2. The van der Waals surface area contributed by atoms with Gasteiger partial charge in [-0.05, 0) is 12.0 Å². The molecule has 3 rings (SSSR count). The number of hydrogen-bond donors (Lipinski definition) is 1. The topological polar surface area (TPSA) is 79.0 Å². The number of barbiturate groups is 1. The third-order valence-electron chi connectivity index (χ3n) is 4.01. The van der Waals surface area contributed by atoms with E-state index in [0.29, 0.717) is 32.7 Å². The molecule has 0 atom stereocenters. The Morgan fingerprint density at radius 3 is 2.50 bits per heavy atom. The Kier molecular flexibility index (Phi) is 4.90. The number of urea groups is 1. The Morgan fingerprint density at radius 2 is 1.79 bits per heavy atom. The van der Waals surface area contributed by atoms with Crippen molar-refractivity contribution in [2.24, 2.45) is 0 Å². The molecule has 0 saturated carbocycles. The molecule has 2 fully saturated rings. The average Bonchev–Trinajstić information content (AvgIpc) is 2.60. The molecule has 2 aliphatic rings. The standard InChI is InChI=1S/C17H19N3O4/c21-15-14(12-19-8-10-24-11-9-19)16(22)20(17(23)18-15)7-6-13-4-2-1-3-5-13/h1-5,12H,6-11H2,(H,18,21,23)/b14-12+. The number of imide groups is 2. The Labute approximate surface area is 139 Å². The zero-order chi connectivity index (χ0) is 16.9. The first-order valence-electron chi connectivity index (χ1n) is 7.90. The Bertz CT molecular complexity index is 666. The van der Waals surface area contributed by atoms with Crippen LogP contribution in [0.15, 0.2) is 42.1 Å². The van der Waals surface area contributed by atoms with Crippen molar-refractivity contribution < 1.29 is 19.1 Å². The maximum absolute atomic E-state index is 12.6. The van der Waals surface area contributed by atoms with Crippen LogP contribution in [0.1, 0.15) is 5.56 Å². The fourth-order valence-electron chi connectivity index (χ4n) is 2.66. The second-order valence-electron chi connectivity index (χ2n) is 5.64. The van der Waals surface area contributed by atoms with Crippen molar-refractivity contribution in [3.8, 4) is 0 Å². The molecule has 2 aliphatic heterocycles. The summed E-state index contributed by atoms with van der Waals surface area (Å²) in [5, 5.41) is 2.24. The highest BCUT2D eigenvalue weighted by atomic mass is 16.5. The van der Waals surface area contributed by atoms with Crippen LogP contribution in [0.3, 0.4) is 0 Å². The molecule has 126 valence electrons. The van der Waals surface area contributed by atoms with Gasteiger partial charge >= 0.3 is 6.03 Å². The van der Waals surface area contributed by atoms with Gasteiger partial charge in [0.2, 0.25) is 0 Å². The van der Waals surface area contributed by atoms with Crippen LogP contribution < -0.4 is 5.32 Å². The number of carbonyl (C=O) groups is 3. The molecular weight excluding hydrogens is 310 g/mol. The van der Waals surface area contributed by atoms with Crippen LogP contribution in [0.25, 0.3) is 0 Å². The fraction of sp³-hybridized carbons (Fsp3) is 0.353. The second kappa shape index (κ2) is 7.27. The molecule has 7 heteroatoms. The van der Waals surface area contributed by atoms with Gasteiger partial charge in [-0.25, -0.2) is 4.79 Å². The molecule has 2 heterocycles. The van der Waals surface area contributed by atoms with Gasteiger partial charge in [0.15, 0.2) is 0 Å². The number of morpholine rings is 1. The van der Waals surface area contributed by atoms with Gasteiger partial charge < -0.3 is 9.64 Å². The van der Waals surface area contributed by atoms with Crippen molar-refractivity contribution in [3.05, 3.63) is 47.7 Å². The van der Waals surface area contributed by atoms with E-state index >= 15 is 0 Å². The van der Waals surface area contributed by atoms with Gasteiger partial charge in [-0.3, -0.25) is 19.8 Å². The van der Waals surface area contributed by atoms with Crippen LogP contribution in [-0.2, 0) is 20.7 Å². The zero-order valence-corrected chi connectivity index (χ0v) is 13.2. The Morgan fingerprint density at radius 1 is 1.08 bits per heavy atom. The summed E-state index contributed by atoms with van der Waals surface area (Å²) in [6, 6.07) is 8.91. The van der Waals surface area contributed by atoms with E-state index in [-0.39, 0.29) is 12.1 Å². The van der Waals surface area contributed by atoms with Gasteiger partial charge in [0, 0.05) is 25.8 Å². The highest BCUT2D eigenvalue weighted by Crippen LogP contribution is 2.13. The van der Waals surface area contributed by atoms with E-state index in [1.807, 2.05) is 35.2 Å².